The van der Waals surface area contributed by atoms with E-state index in [1.165, 1.54) is 19.4 Å². The van der Waals surface area contributed by atoms with Crippen molar-refractivity contribution in [1.29, 1.82) is 0 Å². The summed E-state index contributed by atoms with van der Waals surface area (Å²) in [5.41, 5.74) is 5.69. The first-order valence-corrected chi connectivity index (χ1v) is 7.30. The Morgan fingerprint density at radius 1 is 1.50 bits per heavy atom. The van der Waals surface area contributed by atoms with Gasteiger partial charge in [0, 0.05) is 19.1 Å². The van der Waals surface area contributed by atoms with E-state index in [9.17, 15) is 4.79 Å². The lowest BCUT2D eigenvalue weighted by Gasteiger charge is -2.24. The molecule has 0 aromatic heterocycles. The monoisotopic (exact) mass is 255 g/mol. The van der Waals surface area contributed by atoms with Gasteiger partial charge in [-0.15, -0.1) is 0 Å². The summed E-state index contributed by atoms with van der Waals surface area (Å²) in [6.07, 6.45) is 3.33. The smallest absolute Gasteiger partial charge is 0.224 e. The summed E-state index contributed by atoms with van der Waals surface area (Å²) in [6, 6.07) is 0.524. The Morgan fingerprint density at radius 3 is 2.78 bits per heavy atom. The molecule has 1 amide bonds. The van der Waals surface area contributed by atoms with Gasteiger partial charge in [0.15, 0.2) is 0 Å². The average molecular weight is 255 g/mol. The third-order valence-electron chi connectivity index (χ3n) is 3.83. The van der Waals surface area contributed by atoms with Gasteiger partial charge in [-0.2, -0.15) is 0 Å². The number of amides is 1. The van der Waals surface area contributed by atoms with Gasteiger partial charge >= 0.3 is 0 Å². The van der Waals surface area contributed by atoms with Crippen molar-refractivity contribution in [1.82, 2.24) is 10.2 Å². The summed E-state index contributed by atoms with van der Waals surface area (Å²) >= 11 is 0. The molecule has 4 heteroatoms. The molecule has 0 aromatic carbocycles. The first-order chi connectivity index (χ1) is 8.58. The largest absolute Gasteiger partial charge is 0.354 e. The van der Waals surface area contributed by atoms with Crippen LogP contribution in [0.2, 0.25) is 0 Å². The summed E-state index contributed by atoms with van der Waals surface area (Å²) in [7, 11) is 0. The van der Waals surface area contributed by atoms with Gasteiger partial charge in [0.1, 0.15) is 0 Å². The number of nitrogens with two attached hydrogens (primary N) is 1. The molecule has 2 unspecified atom stereocenters. The Labute approximate surface area is 111 Å². The molecule has 0 bridgehead atoms. The Bertz CT molecular complexity index is 255. The minimum atomic E-state index is -0.0264. The number of carbonyl (C=O) groups excluding carboxylic acids is 1. The first kappa shape index (κ1) is 15.4. The zero-order chi connectivity index (χ0) is 13.5. The van der Waals surface area contributed by atoms with Gasteiger partial charge in [-0.05, 0) is 38.3 Å². The number of rotatable bonds is 7. The first-order valence-electron chi connectivity index (χ1n) is 7.30. The highest BCUT2D eigenvalue weighted by atomic mass is 16.1. The van der Waals surface area contributed by atoms with Crippen LogP contribution in [-0.4, -0.2) is 43.0 Å². The zero-order valence-electron chi connectivity index (χ0n) is 12.1. The quantitative estimate of drug-likeness (QED) is 0.719. The number of carbonyl (C=O) groups is 1. The van der Waals surface area contributed by atoms with Crippen LogP contribution in [0.15, 0.2) is 0 Å². The Hall–Kier alpha value is -0.610. The minimum Gasteiger partial charge on any atom is -0.354 e. The normalized spacial score (nSPS) is 22.4. The van der Waals surface area contributed by atoms with Crippen molar-refractivity contribution < 1.29 is 4.79 Å². The van der Waals surface area contributed by atoms with Crippen molar-refractivity contribution in [3.8, 4) is 0 Å². The van der Waals surface area contributed by atoms with Crippen molar-refractivity contribution in [3.63, 3.8) is 0 Å². The molecule has 1 aliphatic heterocycles. The summed E-state index contributed by atoms with van der Waals surface area (Å²) in [4.78, 5) is 14.5. The topological polar surface area (TPSA) is 58.4 Å². The van der Waals surface area contributed by atoms with Gasteiger partial charge in [0.25, 0.3) is 0 Å². The van der Waals surface area contributed by atoms with Crippen molar-refractivity contribution in [3.05, 3.63) is 0 Å². The van der Waals surface area contributed by atoms with Gasteiger partial charge in [-0.25, -0.2) is 0 Å². The summed E-state index contributed by atoms with van der Waals surface area (Å²) in [5.74, 6) is 0.624. The second kappa shape index (κ2) is 7.74. The van der Waals surface area contributed by atoms with Gasteiger partial charge in [0.05, 0.1) is 5.92 Å². The van der Waals surface area contributed by atoms with Gasteiger partial charge < -0.3 is 11.1 Å². The highest BCUT2D eigenvalue weighted by molar-refractivity contribution is 5.78. The molecule has 0 aliphatic carbocycles. The number of nitrogens with zero attached hydrogens (tertiary/aromatic N) is 1. The van der Waals surface area contributed by atoms with Crippen molar-refractivity contribution in [2.75, 3.05) is 26.2 Å². The highest BCUT2D eigenvalue weighted by Crippen LogP contribution is 2.16. The third kappa shape index (κ3) is 4.58. The summed E-state index contributed by atoms with van der Waals surface area (Å²) < 4.78 is 0. The van der Waals surface area contributed by atoms with Crippen LogP contribution in [-0.2, 0) is 4.79 Å². The molecule has 3 N–H and O–H groups in total. The van der Waals surface area contributed by atoms with E-state index in [4.69, 9.17) is 5.73 Å². The molecule has 1 heterocycles. The van der Waals surface area contributed by atoms with E-state index < -0.39 is 0 Å². The molecule has 1 aliphatic rings. The van der Waals surface area contributed by atoms with Crippen LogP contribution in [0, 0.1) is 11.8 Å². The van der Waals surface area contributed by atoms with Crippen molar-refractivity contribution >= 4 is 5.91 Å². The molecule has 2 atom stereocenters. The second-order valence-corrected chi connectivity index (χ2v) is 5.73. The van der Waals surface area contributed by atoms with E-state index in [2.05, 4.69) is 31.0 Å². The molecule has 1 fully saturated rings. The van der Waals surface area contributed by atoms with Gasteiger partial charge in [-0.1, -0.05) is 20.8 Å². The number of likely N-dealkylation sites (tertiary alicyclic amines) is 1. The lowest BCUT2D eigenvalue weighted by molar-refractivity contribution is -0.125. The maximum Gasteiger partial charge on any atom is 0.224 e. The lowest BCUT2D eigenvalue weighted by atomic mass is 9.96. The Morgan fingerprint density at radius 2 is 2.22 bits per heavy atom. The SMILES string of the molecule is CCN1CCCC1CNC(=O)C(CN)CC(C)C. The number of hydrogen-bond acceptors (Lipinski definition) is 3. The standard InChI is InChI=1S/C14H29N3O/c1-4-17-7-5-6-13(17)10-16-14(18)12(9-15)8-11(2)3/h11-13H,4-10,15H2,1-3H3,(H,16,18). The molecule has 106 valence electrons. The maximum atomic E-state index is 12.1. The number of likely N-dealkylation sites (N-methyl/N-ethyl adjacent to an activating group) is 1. The molecule has 1 rings (SSSR count). The fraction of sp³-hybridized carbons (Fsp3) is 0.929. The van der Waals surface area contributed by atoms with Crippen LogP contribution >= 0.6 is 0 Å². The summed E-state index contributed by atoms with van der Waals surface area (Å²) in [6.45, 7) is 9.92. The molecule has 4 nitrogen and oxygen atoms in total. The predicted molar refractivity (Wildman–Crippen MR) is 75.3 cm³/mol. The predicted octanol–water partition coefficient (Wildman–Crippen LogP) is 1.21. The third-order valence-corrected chi connectivity index (χ3v) is 3.83. The molecular weight excluding hydrogens is 226 g/mol. The van der Waals surface area contributed by atoms with Crippen molar-refractivity contribution in [2.24, 2.45) is 17.6 Å². The summed E-state index contributed by atoms with van der Waals surface area (Å²) in [5, 5.41) is 3.08. The van der Waals surface area contributed by atoms with E-state index in [0.29, 0.717) is 18.5 Å². The van der Waals surface area contributed by atoms with E-state index in [1.54, 1.807) is 0 Å². The van der Waals surface area contributed by atoms with Crippen molar-refractivity contribution in [2.45, 2.75) is 46.1 Å². The van der Waals surface area contributed by atoms with Crippen LogP contribution in [0.3, 0.4) is 0 Å². The molecule has 0 saturated carbocycles. The number of nitrogens with one attached hydrogen (secondary N) is 1. The Kier molecular flexibility index (Phi) is 6.65. The second-order valence-electron chi connectivity index (χ2n) is 5.73. The van der Waals surface area contributed by atoms with Crippen LogP contribution in [0.5, 0.6) is 0 Å². The fourth-order valence-electron chi connectivity index (χ4n) is 2.78. The minimum absolute atomic E-state index is 0.0264. The van der Waals surface area contributed by atoms with Crippen LogP contribution < -0.4 is 11.1 Å². The van der Waals surface area contributed by atoms with E-state index in [1.807, 2.05) is 0 Å². The molecule has 0 aromatic rings. The molecule has 0 spiro atoms. The van der Waals surface area contributed by atoms with Crippen LogP contribution in [0.1, 0.15) is 40.0 Å². The average Bonchev–Trinajstić information content (AvgIpc) is 2.80. The fourth-order valence-corrected chi connectivity index (χ4v) is 2.78. The van der Waals surface area contributed by atoms with Gasteiger partial charge in [-0.3, -0.25) is 9.69 Å². The van der Waals surface area contributed by atoms with Gasteiger partial charge in [0.2, 0.25) is 5.91 Å². The molecular formula is C14H29N3O. The zero-order valence-corrected chi connectivity index (χ0v) is 12.1. The highest BCUT2D eigenvalue weighted by Gasteiger charge is 2.24. The van der Waals surface area contributed by atoms with E-state index in [0.717, 1.165) is 19.5 Å². The number of hydrogen-bond donors (Lipinski definition) is 2. The maximum absolute atomic E-state index is 12.1. The molecule has 0 radical (unpaired) electrons. The lowest BCUT2D eigenvalue weighted by Crippen LogP contribution is -2.43. The van der Waals surface area contributed by atoms with Crippen LogP contribution in [0.4, 0.5) is 0 Å². The molecule has 18 heavy (non-hydrogen) atoms. The molecule has 1 saturated heterocycles. The Balaban J connectivity index is 2.34. The van der Waals surface area contributed by atoms with Crippen LogP contribution in [0.25, 0.3) is 0 Å². The van der Waals surface area contributed by atoms with E-state index >= 15 is 0 Å². The van der Waals surface area contributed by atoms with E-state index in [-0.39, 0.29) is 11.8 Å².